The average molecular weight is 318 g/mol. The summed E-state index contributed by atoms with van der Waals surface area (Å²) >= 11 is 2.84. The molecule has 1 rings (SSSR count). The molecule has 1 heterocycles. The number of H-pyrrole nitrogens is 1. The summed E-state index contributed by atoms with van der Waals surface area (Å²) in [5.74, 6) is -0.659. The Kier molecular flexibility index (Phi) is 7.44. The standard InChI is InChI=1S/C6H6N2O3.C2H3BBrNO2/c1-4(9)6-2-5(3-7-6)8(10)11;4-1-2(6)7-3-5/h2-3,7H,1H3;5H,1H2. The summed E-state index contributed by atoms with van der Waals surface area (Å²) in [4.78, 5) is 32.7. The van der Waals surface area contributed by atoms with E-state index in [4.69, 9.17) is 5.31 Å². The predicted molar refractivity (Wildman–Crippen MR) is 65.8 cm³/mol. The quantitative estimate of drug-likeness (QED) is 0.285. The van der Waals surface area contributed by atoms with Crippen molar-refractivity contribution in [3.05, 3.63) is 28.1 Å². The fourth-order valence-corrected chi connectivity index (χ4v) is 0.921. The van der Waals surface area contributed by atoms with Gasteiger partial charge in [0.25, 0.3) is 5.69 Å². The molecular formula is C8H9BBrN3O5. The van der Waals surface area contributed by atoms with Gasteiger partial charge in [0.05, 0.1) is 16.8 Å². The summed E-state index contributed by atoms with van der Waals surface area (Å²) in [6.07, 6.45) is 1.19. The van der Waals surface area contributed by atoms with Crippen LogP contribution in [0, 0.1) is 15.4 Å². The van der Waals surface area contributed by atoms with Crippen LogP contribution in [-0.4, -0.2) is 34.3 Å². The molecule has 0 spiro atoms. The molecule has 1 aromatic heterocycles. The van der Waals surface area contributed by atoms with Gasteiger partial charge in [0.15, 0.2) is 5.78 Å². The molecule has 10 heteroatoms. The number of Topliss-reactive ketones (excluding diaryl/α,β-unsaturated/α-hetero) is 1. The first-order valence-electron chi connectivity index (χ1n) is 4.50. The van der Waals surface area contributed by atoms with E-state index in [9.17, 15) is 19.7 Å². The molecule has 0 aliphatic heterocycles. The Balaban J connectivity index is 0.000000360. The molecule has 2 N–H and O–H groups in total. The maximum atomic E-state index is 10.6. The van der Waals surface area contributed by atoms with Crippen molar-refractivity contribution < 1.29 is 19.2 Å². The summed E-state index contributed by atoms with van der Waals surface area (Å²) in [5.41, 5.74) is 0.173. The first-order valence-corrected chi connectivity index (χ1v) is 5.62. The van der Waals surface area contributed by atoms with Crippen LogP contribution in [0.15, 0.2) is 12.3 Å². The van der Waals surface area contributed by atoms with Gasteiger partial charge in [-0.25, -0.2) is 0 Å². The molecule has 0 atom stereocenters. The number of aromatic nitrogens is 1. The van der Waals surface area contributed by atoms with Crippen molar-refractivity contribution in [2.24, 2.45) is 0 Å². The minimum absolute atomic E-state index is 0.0878. The number of aromatic amines is 1. The van der Waals surface area contributed by atoms with Crippen molar-refractivity contribution in [2.45, 2.75) is 6.92 Å². The van der Waals surface area contributed by atoms with Crippen LogP contribution in [0.2, 0.25) is 0 Å². The topological polar surface area (TPSA) is 126 Å². The first-order chi connectivity index (χ1) is 8.42. The van der Waals surface area contributed by atoms with Gasteiger partial charge in [0, 0.05) is 13.0 Å². The summed E-state index contributed by atoms with van der Waals surface area (Å²) in [5, 5.41) is 16.5. The van der Waals surface area contributed by atoms with Gasteiger partial charge >= 0.3 is 49.3 Å². The zero-order valence-electron chi connectivity index (χ0n) is 9.31. The molecule has 96 valence electrons. The number of nitrogens with zero attached hydrogens (tertiary/aromatic N) is 1. The predicted octanol–water partition coefficient (Wildman–Crippen LogP) is 1.43. The second-order valence-electron chi connectivity index (χ2n) is 2.83. The second-order valence-corrected chi connectivity index (χ2v) is 3.39. The van der Waals surface area contributed by atoms with Crippen molar-refractivity contribution in [2.75, 3.05) is 5.33 Å². The van der Waals surface area contributed by atoms with Crippen LogP contribution in [0.3, 0.4) is 0 Å². The van der Waals surface area contributed by atoms with E-state index in [0.717, 1.165) is 0 Å². The molecule has 0 saturated heterocycles. The molecule has 0 amide bonds. The van der Waals surface area contributed by atoms with E-state index in [1.807, 2.05) is 0 Å². The Bertz CT molecular complexity index is 433. The van der Waals surface area contributed by atoms with Crippen LogP contribution < -0.4 is 0 Å². The molecule has 0 saturated carbocycles. The van der Waals surface area contributed by atoms with E-state index in [2.05, 4.69) is 25.6 Å². The fourth-order valence-electron chi connectivity index (χ4n) is 0.789. The Morgan fingerprint density at radius 1 is 1.67 bits per heavy atom. The maximum absolute atomic E-state index is 10.6. The van der Waals surface area contributed by atoms with Crippen molar-refractivity contribution in [1.29, 1.82) is 5.31 Å². The van der Waals surface area contributed by atoms with E-state index in [0.29, 0.717) is 7.27 Å². The number of nitrogens with one attached hydrogen (secondary N) is 2. The van der Waals surface area contributed by atoms with Gasteiger partial charge in [0.1, 0.15) is 0 Å². The van der Waals surface area contributed by atoms with Crippen molar-refractivity contribution in [3.8, 4) is 0 Å². The van der Waals surface area contributed by atoms with E-state index in [1.54, 1.807) is 0 Å². The van der Waals surface area contributed by atoms with Gasteiger partial charge in [-0.3, -0.25) is 14.9 Å². The van der Waals surface area contributed by atoms with Crippen LogP contribution >= 0.6 is 15.9 Å². The van der Waals surface area contributed by atoms with Crippen molar-refractivity contribution in [3.63, 3.8) is 0 Å². The third kappa shape index (κ3) is 6.04. The van der Waals surface area contributed by atoms with Crippen LogP contribution in [0.1, 0.15) is 17.4 Å². The Labute approximate surface area is 111 Å². The third-order valence-corrected chi connectivity index (χ3v) is 2.02. The van der Waals surface area contributed by atoms with E-state index in [1.165, 1.54) is 19.2 Å². The number of hydrogen-bond donors (Lipinski definition) is 2. The monoisotopic (exact) mass is 317 g/mol. The minimum atomic E-state index is -0.553. The molecule has 8 nitrogen and oxygen atoms in total. The number of ketones is 1. The van der Waals surface area contributed by atoms with E-state index in [-0.39, 0.29) is 22.5 Å². The molecule has 1 aromatic rings. The Hall–Kier alpha value is -1.84. The molecule has 0 aliphatic carbocycles. The molecule has 0 radical (unpaired) electrons. The first kappa shape index (κ1) is 16.2. The van der Waals surface area contributed by atoms with Crippen LogP contribution in [-0.2, 0) is 9.45 Å². The molecule has 0 unspecified atom stereocenters. The van der Waals surface area contributed by atoms with Gasteiger partial charge in [-0.1, -0.05) is 0 Å². The average Bonchev–Trinajstić information content (AvgIpc) is 2.79. The van der Waals surface area contributed by atoms with Crippen LogP contribution in [0.25, 0.3) is 0 Å². The third-order valence-electron chi connectivity index (χ3n) is 1.56. The molecule has 0 aromatic carbocycles. The van der Waals surface area contributed by atoms with E-state index >= 15 is 0 Å². The summed E-state index contributed by atoms with van der Waals surface area (Å²) in [7, 11) is 0.601. The number of carbonyl (C=O) groups excluding carboxylic acids is 2. The van der Waals surface area contributed by atoms with Crippen LogP contribution in [0.4, 0.5) is 5.69 Å². The fraction of sp³-hybridized carbons (Fsp3) is 0.250. The number of halogens is 1. The summed E-state index contributed by atoms with van der Waals surface area (Å²) < 4.78 is 4.05. The van der Waals surface area contributed by atoms with Crippen molar-refractivity contribution in [1.82, 2.24) is 4.98 Å². The number of rotatable bonds is 4. The van der Waals surface area contributed by atoms with Gasteiger partial charge in [0.2, 0.25) is 0 Å². The van der Waals surface area contributed by atoms with Gasteiger partial charge < -0.3 is 4.98 Å². The molecular weight excluding hydrogens is 309 g/mol. The molecule has 0 fully saturated rings. The molecule has 18 heavy (non-hydrogen) atoms. The molecule has 0 bridgehead atoms. The van der Waals surface area contributed by atoms with Gasteiger partial charge in [-0.2, -0.15) is 0 Å². The normalized spacial score (nSPS) is 8.56. The number of nitro groups is 1. The van der Waals surface area contributed by atoms with Gasteiger partial charge in [-0.05, 0) is 0 Å². The second kappa shape index (κ2) is 8.28. The number of alkyl halides is 1. The zero-order valence-corrected chi connectivity index (χ0v) is 10.9. The van der Waals surface area contributed by atoms with Crippen molar-refractivity contribution >= 4 is 40.6 Å². The molecule has 0 aliphatic rings. The number of hydrogen-bond acceptors (Lipinski definition) is 6. The number of carbonyl (C=O) groups is 2. The van der Waals surface area contributed by atoms with E-state index < -0.39 is 10.9 Å². The Morgan fingerprint density at radius 2 is 2.28 bits per heavy atom. The van der Waals surface area contributed by atoms with Crippen LogP contribution in [0.5, 0.6) is 0 Å². The summed E-state index contributed by atoms with van der Waals surface area (Å²) in [6, 6.07) is 1.21. The SMILES string of the molecule is CC(=O)c1cc([N+](=O)[O-])c[nH]1.N=BOC(=O)CBr. The Morgan fingerprint density at radius 3 is 2.50 bits per heavy atom. The van der Waals surface area contributed by atoms with Gasteiger partial charge in [-0.15, -0.1) is 0 Å². The zero-order chi connectivity index (χ0) is 14.1. The summed E-state index contributed by atoms with van der Waals surface area (Å²) in [6.45, 7) is 1.34.